The van der Waals surface area contributed by atoms with Crippen LogP contribution in [0, 0.1) is 11.8 Å². The highest BCUT2D eigenvalue weighted by molar-refractivity contribution is 5.78. The Bertz CT molecular complexity index is 400. The van der Waals surface area contributed by atoms with Crippen molar-refractivity contribution in [2.75, 3.05) is 13.7 Å². The quantitative estimate of drug-likeness (QED) is 0.900. The predicted molar refractivity (Wildman–Crippen MR) is 73.2 cm³/mol. The van der Waals surface area contributed by atoms with E-state index in [1.807, 2.05) is 19.2 Å². The van der Waals surface area contributed by atoms with E-state index in [0.29, 0.717) is 12.5 Å². The first-order valence-corrected chi connectivity index (χ1v) is 6.95. The standard InChI is InChI=1S/C15H22N2O2/c1-17(10-13-3-2-8-16-9-13)15(19)14-6-4-12(11-18)5-7-14/h2-3,8-9,12,14,18H,4-7,10-11H2,1H3. The van der Waals surface area contributed by atoms with Gasteiger partial charge in [0.2, 0.25) is 5.91 Å². The lowest BCUT2D eigenvalue weighted by Gasteiger charge is -2.29. The molecule has 0 bridgehead atoms. The van der Waals surface area contributed by atoms with E-state index in [-0.39, 0.29) is 18.4 Å². The van der Waals surface area contributed by atoms with Gasteiger partial charge < -0.3 is 10.0 Å². The molecule has 1 amide bonds. The van der Waals surface area contributed by atoms with Gasteiger partial charge in [0.1, 0.15) is 0 Å². The van der Waals surface area contributed by atoms with E-state index in [1.54, 1.807) is 17.3 Å². The molecule has 1 aliphatic carbocycles. The van der Waals surface area contributed by atoms with Crippen LogP contribution < -0.4 is 0 Å². The smallest absolute Gasteiger partial charge is 0.225 e. The molecule has 1 heterocycles. The summed E-state index contributed by atoms with van der Waals surface area (Å²) in [6, 6.07) is 3.87. The first-order chi connectivity index (χ1) is 9.20. The molecule has 4 nitrogen and oxygen atoms in total. The van der Waals surface area contributed by atoms with Gasteiger partial charge in [-0.25, -0.2) is 0 Å². The Balaban J connectivity index is 1.86. The largest absolute Gasteiger partial charge is 0.396 e. The normalized spacial score (nSPS) is 23.1. The lowest BCUT2D eigenvalue weighted by atomic mass is 9.82. The number of nitrogens with zero attached hydrogens (tertiary/aromatic N) is 2. The van der Waals surface area contributed by atoms with Crippen LogP contribution in [0.4, 0.5) is 0 Å². The van der Waals surface area contributed by atoms with Crippen LogP contribution in [-0.4, -0.2) is 34.6 Å². The van der Waals surface area contributed by atoms with E-state index >= 15 is 0 Å². The Kier molecular flexibility index (Phi) is 4.91. The molecule has 1 aliphatic rings. The summed E-state index contributed by atoms with van der Waals surface area (Å²) in [6.45, 7) is 0.874. The van der Waals surface area contributed by atoms with Crippen LogP contribution in [0.2, 0.25) is 0 Å². The SMILES string of the molecule is CN(Cc1cccnc1)C(=O)C1CCC(CO)CC1. The first kappa shape index (κ1) is 14.0. The molecule has 0 unspecified atom stereocenters. The fourth-order valence-electron chi connectivity index (χ4n) is 2.75. The molecule has 1 fully saturated rings. The minimum absolute atomic E-state index is 0.129. The zero-order valence-electron chi connectivity index (χ0n) is 11.5. The Morgan fingerprint density at radius 2 is 2.16 bits per heavy atom. The van der Waals surface area contributed by atoms with E-state index in [0.717, 1.165) is 31.2 Å². The fourth-order valence-corrected chi connectivity index (χ4v) is 2.75. The molecule has 0 saturated heterocycles. The zero-order chi connectivity index (χ0) is 13.7. The molecule has 0 aliphatic heterocycles. The molecule has 0 spiro atoms. The maximum Gasteiger partial charge on any atom is 0.225 e. The van der Waals surface area contributed by atoms with Crippen LogP contribution in [-0.2, 0) is 11.3 Å². The third-order valence-corrected chi connectivity index (χ3v) is 3.97. The van der Waals surface area contributed by atoms with Crippen molar-refractivity contribution < 1.29 is 9.90 Å². The second kappa shape index (κ2) is 6.66. The Hall–Kier alpha value is -1.42. The summed E-state index contributed by atoms with van der Waals surface area (Å²) < 4.78 is 0. The van der Waals surface area contributed by atoms with E-state index in [2.05, 4.69) is 4.98 Å². The lowest BCUT2D eigenvalue weighted by Crippen LogP contribution is -2.35. The Morgan fingerprint density at radius 3 is 2.74 bits per heavy atom. The number of carbonyl (C=O) groups excluding carboxylic acids is 1. The van der Waals surface area contributed by atoms with Crippen LogP contribution in [0.3, 0.4) is 0 Å². The second-order valence-electron chi connectivity index (χ2n) is 5.46. The highest BCUT2D eigenvalue weighted by Gasteiger charge is 2.27. The summed E-state index contributed by atoms with van der Waals surface area (Å²) in [5, 5.41) is 9.12. The summed E-state index contributed by atoms with van der Waals surface area (Å²) in [5.74, 6) is 0.748. The lowest BCUT2D eigenvalue weighted by molar-refractivity contribution is -0.136. The molecule has 19 heavy (non-hydrogen) atoms. The summed E-state index contributed by atoms with van der Waals surface area (Å²) in [5.41, 5.74) is 1.06. The number of aliphatic hydroxyl groups excluding tert-OH is 1. The van der Waals surface area contributed by atoms with Crippen molar-refractivity contribution in [1.29, 1.82) is 0 Å². The van der Waals surface area contributed by atoms with Gasteiger partial charge in [-0.3, -0.25) is 9.78 Å². The van der Waals surface area contributed by atoms with Crippen LogP contribution in [0.1, 0.15) is 31.2 Å². The number of pyridine rings is 1. The fraction of sp³-hybridized carbons (Fsp3) is 0.600. The van der Waals surface area contributed by atoms with E-state index in [1.165, 1.54) is 0 Å². The number of aliphatic hydroxyl groups is 1. The summed E-state index contributed by atoms with van der Waals surface area (Å²) >= 11 is 0. The van der Waals surface area contributed by atoms with Gasteiger partial charge in [0.05, 0.1) is 0 Å². The average Bonchev–Trinajstić information content (AvgIpc) is 2.47. The Labute approximate surface area is 114 Å². The van der Waals surface area contributed by atoms with Crippen molar-refractivity contribution in [1.82, 2.24) is 9.88 Å². The average molecular weight is 262 g/mol. The van der Waals surface area contributed by atoms with Gasteiger partial charge in [0.15, 0.2) is 0 Å². The maximum atomic E-state index is 12.3. The maximum absolute atomic E-state index is 12.3. The molecule has 0 aromatic carbocycles. The van der Waals surface area contributed by atoms with E-state index < -0.39 is 0 Å². The van der Waals surface area contributed by atoms with Crippen LogP contribution in [0.25, 0.3) is 0 Å². The molecule has 4 heteroatoms. The van der Waals surface area contributed by atoms with Crippen molar-refractivity contribution in [3.8, 4) is 0 Å². The van der Waals surface area contributed by atoms with Gasteiger partial charge in [0.25, 0.3) is 0 Å². The van der Waals surface area contributed by atoms with Gasteiger partial charge in [-0.15, -0.1) is 0 Å². The zero-order valence-corrected chi connectivity index (χ0v) is 11.5. The van der Waals surface area contributed by atoms with Gasteiger partial charge in [-0.2, -0.15) is 0 Å². The molecule has 1 N–H and O–H groups in total. The molecule has 0 atom stereocenters. The molecule has 1 aromatic rings. The molecular weight excluding hydrogens is 240 g/mol. The van der Waals surface area contributed by atoms with Crippen LogP contribution in [0.5, 0.6) is 0 Å². The minimum atomic E-state index is 0.129. The monoisotopic (exact) mass is 262 g/mol. The van der Waals surface area contributed by atoms with Crippen molar-refractivity contribution in [3.63, 3.8) is 0 Å². The first-order valence-electron chi connectivity index (χ1n) is 6.95. The highest BCUT2D eigenvalue weighted by Crippen LogP contribution is 2.29. The van der Waals surface area contributed by atoms with E-state index in [9.17, 15) is 4.79 Å². The molecule has 0 radical (unpaired) electrons. The molecule has 1 saturated carbocycles. The number of amides is 1. The second-order valence-corrected chi connectivity index (χ2v) is 5.46. The van der Waals surface area contributed by atoms with Crippen LogP contribution >= 0.6 is 0 Å². The summed E-state index contributed by atoms with van der Waals surface area (Å²) in [6.07, 6.45) is 7.28. The Morgan fingerprint density at radius 1 is 1.42 bits per heavy atom. The van der Waals surface area contributed by atoms with Gasteiger partial charge >= 0.3 is 0 Å². The molecule has 1 aromatic heterocycles. The summed E-state index contributed by atoms with van der Waals surface area (Å²) in [7, 11) is 1.85. The van der Waals surface area contributed by atoms with Crippen molar-refractivity contribution >= 4 is 5.91 Å². The van der Waals surface area contributed by atoms with Gasteiger partial charge in [-0.05, 0) is 43.2 Å². The van der Waals surface area contributed by atoms with Crippen molar-refractivity contribution in [3.05, 3.63) is 30.1 Å². The highest BCUT2D eigenvalue weighted by atomic mass is 16.3. The third kappa shape index (κ3) is 3.77. The number of carbonyl (C=O) groups is 1. The molecule has 2 rings (SSSR count). The van der Waals surface area contributed by atoms with Gasteiger partial charge in [-0.1, -0.05) is 6.07 Å². The summed E-state index contributed by atoms with van der Waals surface area (Å²) in [4.78, 5) is 18.2. The third-order valence-electron chi connectivity index (χ3n) is 3.97. The predicted octanol–water partition coefficient (Wildman–Crippen LogP) is 1.84. The van der Waals surface area contributed by atoms with Crippen molar-refractivity contribution in [2.45, 2.75) is 32.2 Å². The van der Waals surface area contributed by atoms with Gasteiger partial charge in [0, 0.05) is 38.5 Å². The number of hydrogen-bond acceptors (Lipinski definition) is 3. The van der Waals surface area contributed by atoms with E-state index in [4.69, 9.17) is 5.11 Å². The number of aromatic nitrogens is 1. The minimum Gasteiger partial charge on any atom is -0.396 e. The topological polar surface area (TPSA) is 53.4 Å². The van der Waals surface area contributed by atoms with Crippen molar-refractivity contribution in [2.24, 2.45) is 11.8 Å². The molecule has 104 valence electrons. The number of rotatable bonds is 4. The molecular formula is C15H22N2O2. The number of hydrogen-bond donors (Lipinski definition) is 1. The van der Waals surface area contributed by atoms with Crippen LogP contribution in [0.15, 0.2) is 24.5 Å².